The van der Waals surface area contributed by atoms with Gasteiger partial charge in [0.2, 0.25) is 5.91 Å². The van der Waals surface area contributed by atoms with Crippen LogP contribution in [0.25, 0.3) is 0 Å². The topological polar surface area (TPSA) is 57.3 Å². The molecule has 5 nitrogen and oxygen atoms in total. The molecule has 102 valence electrons. The Hall–Kier alpha value is -1.62. The number of nitrogens with zero attached hydrogens (tertiary/aromatic N) is 2. The third-order valence-electron chi connectivity index (χ3n) is 3.82. The van der Waals surface area contributed by atoms with E-state index in [0.29, 0.717) is 0 Å². The van der Waals surface area contributed by atoms with Crippen LogP contribution in [0.3, 0.4) is 0 Å². The largest absolute Gasteiger partial charge is 0.357 e. The highest BCUT2D eigenvalue weighted by Crippen LogP contribution is 2.19. The normalized spacial score (nSPS) is 22.7. The van der Waals surface area contributed by atoms with Crippen molar-refractivity contribution in [1.82, 2.24) is 10.3 Å². The quantitative estimate of drug-likeness (QED) is 0.862. The molecule has 0 aliphatic carbocycles. The summed E-state index contributed by atoms with van der Waals surface area (Å²) in [6.07, 6.45) is 6.23. The SMILES string of the molecule is O=C(Nc1ccc(N2CCCC2)nc1)[C@@H]1CCCN1. The first-order valence-corrected chi connectivity index (χ1v) is 7.08. The molecule has 1 aromatic heterocycles. The van der Waals surface area contributed by atoms with E-state index in [1.54, 1.807) is 6.20 Å². The van der Waals surface area contributed by atoms with Crippen LogP contribution in [-0.4, -0.2) is 36.6 Å². The fraction of sp³-hybridized carbons (Fsp3) is 0.571. The maximum absolute atomic E-state index is 11.9. The van der Waals surface area contributed by atoms with Crippen LogP contribution >= 0.6 is 0 Å². The molecule has 2 aliphatic rings. The van der Waals surface area contributed by atoms with Gasteiger partial charge in [0.1, 0.15) is 5.82 Å². The molecule has 0 spiro atoms. The van der Waals surface area contributed by atoms with Crippen molar-refractivity contribution in [3.63, 3.8) is 0 Å². The molecule has 0 bridgehead atoms. The Kier molecular flexibility index (Phi) is 3.64. The molecular weight excluding hydrogens is 240 g/mol. The van der Waals surface area contributed by atoms with Crippen molar-refractivity contribution in [2.24, 2.45) is 0 Å². The van der Waals surface area contributed by atoms with Gasteiger partial charge in [0.05, 0.1) is 17.9 Å². The van der Waals surface area contributed by atoms with Crippen LogP contribution in [0.4, 0.5) is 11.5 Å². The Morgan fingerprint density at radius 3 is 2.79 bits per heavy atom. The van der Waals surface area contributed by atoms with E-state index in [2.05, 4.69) is 20.5 Å². The first kappa shape index (κ1) is 12.4. The Morgan fingerprint density at radius 2 is 2.16 bits per heavy atom. The van der Waals surface area contributed by atoms with Crippen molar-refractivity contribution < 1.29 is 4.79 Å². The van der Waals surface area contributed by atoms with Gasteiger partial charge in [-0.3, -0.25) is 4.79 Å². The van der Waals surface area contributed by atoms with Gasteiger partial charge in [0, 0.05) is 13.1 Å². The van der Waals surface area contributed by atoms with Crippen LogP contribution in [0, 0.1) is 0 Å². The van der Waals surface area contributed by atoms with E-state index in [1.165, 1.54) is 12.8 Å². The Balaban J connectivity index is 1.60. The molecule has 2 N–H and O–H groups in total. The van der Waals surface area contributed by atoms with Crippen molar-refractivity contribution >= 4 is 17.4 Å². The van der Waals surface area contributed by atoms with Gasteiger partial charge in [-0.05, 0) is 44.4 Å². The summed E-state index contributed by atoms with van der Waals surface area (Å²) in [6, 6.07) is 3.88. The van der Waals surface area contributed by atoms with Gasteiger partial charge in [0.15, 0.2) is 0 Å². The molecule has 3 rings (SSSR count). The zero-order valence-corrected chi connectivity index (χ0v) is 11.1. The number of carbonyl (C=O) groups is 1. The molecule has 0 unspecified atom stereocenters. The number of amides is 1. The summed E-state index contributed by atoms with van der Waals surface area (Å²) in [6.45, 7) is 3.11. The molecule has 0 saturated carbocycles. The lowest BCUT2D eigenvalue weighted by atomic mass is 10.2. The minimum Gasteiger partial charge on any atom is -0.357 e. The molecule has 1 aromatic rings. The van der Waals surface area contributed by atoms with Crippen LogP contribution in [0.1, 0.15) is 25.7 Å². The average molecular weight is 260 g/mol. The van der Waals surface area contributed by atoms with Crippen molar-refractivity contribution in [3.05, 3.63) is 18.3 Å². The number of nitrogens with one attached hydrogen (secondary N) is 2. The molecule has 1 atom stereocenters. The second-order valence-electron chi connectivity index (χ2n) is 5.24. The standard InChI is InChI=1S/C14H20N4O/c19-14(12-4-3-7-15-12)17-11-5-6-13(16-10-11)18-8-1-2-9-18/h5-6,10,12,15H,1-4,7-9H2,(H,17,19)/t12-/m0/s1. The average Bonchev–Trinajstić information content (AvgIpc) is 3.13. The molecule has 0 aromatic carbocycles. The lowest BCUT2D eigenvalue weighted by Gasteiger charge is -2.16. The lowest BCUT2D eigenvalue weighted by Crippen LogP contribution is -2.35. The third kappa shape index (κ3) is 2.87. The highest BCUT2D eigenvalue weighted by atomic mass is 16.2. The van der Waals surface area contributed by atoms with Gasteiger partial charge in [-0.25, -0.2) is 4.98 Å². The highest BCUT2D eigenvalue weighted by Gasteiger charge is 2.22. The number of aromatic nitrogens is 1. The third-order valence-corrected chi connectivity index (χ3v) is 3.82. The number of rotatable bonds is 3. The minimum atomic E-state index is -0.0433. The molecule has 19 heavy (non-hydrogen) atoms. The van der Waals surface area contributed by atoms with Crippen LogP contribution in [-0.2, 0) is 4.79 Å². The zero-order valence-electron chi connectivity index (χ0n) is 11.1. The Morgan fingerprint density at radius 1 is 1.32 bits per heavy atom. The monoisotopic (exact) mass is 260 g/mol. The fourth-order valence-electron chi connectivity index (χ4n) is 2.73. The summed E-state index contributed by atoms with van der Waals surface area (Å²) in [4.78, 5) is 18.7. The molecule has 5 heteroatoms. The van der Waals surface area contributed by atoms with E-state index in [4.69, 9.17) is 0 Å². The van der Waals surface area contributed by atoms with Gasteiger partial charge in [0.25, 0.3) is 0 Å². The van der Waals surface area contributed by atoms with E-state index in [-0.39, 0.29) is 11.9 Å². The molecular formula is C14H20N4O. The van der Waals surface area contributed by atoms with E-state index in [0.717, 1.165) is 44.0 Å². The molecule has 2 fully saturated rings. The maximum atomic E-state index is 11.9. The number of hydrogen-bond acceptors (Lipinski definition) is 4. The van der Waals surface area contributed by atoms with Gasteiger partial charge in [-0.1, -0.05) is 0 Å². The molecule has 1 amide bonds. The van der Waals surface area contributed by atoms with E-state index < -0.39 is 0 Å². The number of hydrogen-bond donors (Lipinski definition) is 2. The molecule has 0 radical (unpaired) electrons. The van der Waals surface area contributed by atoms with E-state index >= 15 is 0 Å². The second kappa shape index (κ2) is 5.57. The minimum absolute atomic E-state index is 0.0433. The van der Waals surface area contributed by atoms with Crippen molar-refractivity contribution in [1.29, 1.82) is 0 Å². The summed E-state index contributed by atoms with van der Waals surface area (Å²) in [5, 5.41) is 6.11. The smallest absolute Gasteiger partial charge is 0.241 e. The van der Waals surface area contributed by atoms with Crippen LogP contribution in [0.5, 0.6) is 0 Å². The van der Waals surface area contributed by atoms with Crippen LogP contribution < -0.4 is 15.5 Å². The maximum Gasteiger partial charge on any atom is 0.241 e. The number of carbonyl (C=O) groups excluding carboxylic acids is 1. The molecule has 2 aliphatic heterocycles. The predicted octanol–water partition coefficient (Wildman–Crippen LogP) is 1.37. The fourth-order valence-corrected chi connectivity index (χ4v) is 2.73. The van der Waals surface area contributed by atoms with Crippen molar-refractivity contribution in [3.8, 4) is 0 Å². The Bertz CT molecular complexity index is 433. The summed E-state index contributed by atoms with van der Waals surface area (Å²) >= 11 is 0. The Labute approximate surface area is 113 Å². The lowest BCUT2D eigenvalue weighted by molar-refractivity contribution is -0.117. The summed E-state index contributed by atoms with van der Waals surface area (Å²) in [5.41, 5.74) is 0.779. The first-order valence-electron chi connectivity index (χ1n) is 7.08. The van der Waals surface area contributed by atoms with Crippen LogP contribution in [0.2, 0.25) is 0 Å². The van der Waals surface area contributed by atoms with Gasteiger partial charge < -0.3 is 15.5 Å². The number of anilines is 2. The predicted molar refractivity (Wildman–Crippen MR) is 75.3 cm³/mol. The summed E-state index contributed by atoms with van der Waals surface area (Å²) in [7, 11) is 0. The van der Waals surface area contributed by atoms with E-state index in [9.17, 15) is 4.79 Å². The summed E-state index contributed by atoms with van der Waals surface area (Å²) in [5.74, 6) is 1.06. The van der Waals surface area contributed by atoms with Crippen molar-refractivity contribution in [2.75, 3.05) is 29.9 Å². The van der Waals surface area contributed by atoms with Gasteiger partial charge >= 0.3 is 0 Å². The van der Waals surface area contributed by atoms with Crippen LogP contribution in [0.15, 0.2) is 18.3 Å². The molecule has 3 heterocycles. The van der Waals surface area contributed by atoms with Crippen molar-refractivity contribution in [2.45, 2.75) is 31.7 Å². The second-order valence-corrected chi connectivity index (χ2v) is 5.24. The first-order chi connectivity index (χ1) is 9.33. The van der Waals surface area contributed by atoms with Gasteiger partial charge in [-0.15, -0.1) is 0 Å². The number of pyridine rings is 1. The molecule has 2 saturated heterocycles. The van der Waals surface area contributed by atoms with E-state index in [1.807, 2.05) is 12.1 Å². The van der Waals surface area contributed by atoms with Gasteiger partial charge in [-0.2, -0.15) is 0 Å². The highest BCUT2D eigenvalue weighted by molar-refractivity contribution is 5.94. The zero-order chi connectivity index (χ0) is 13.1. The summed E-state index contributed by atoms with van der Waals surface area (Å²) < 4.78 is 0.